The lowest BCUT2D eigenvalue weighted by Gasteiger charge is -2.12. The lowest BCUT2D eigenvalue weighted by atomic mass is 10.2. The van der Waals surface area contributed by atoms with E-state index in [1.807, 2.05) is 25.2 Å². The molecule has 3 nitrogen and oxygen atoms in total. The van der Waals surface area contributed by atoms with Crippen molar-refractivity contribution in [3.05, 3.63) is 23.8 Å². The molecule has 1 N–H and O–H groups in total. The summed E-state index contributed by atoms with van der Waals surface area (Å²) in [6.45, 7) is 1.53. The molecule has 1 aromatic rings. The van der Waals surface area contributed by atoms with Gasteiger partial charge in [-0.15, -0.1) is 0 Å². The Labute approximate surface area is 102 Å². The Morgan fingerprint density at radius 2 is 2.19 bits per heavy atom. The number of thioether (sulfide) groups is 1. The Bertz CT molecular complexity index is 318. The third kappa shape index (κ3) is 3.94. The number of methoxy groups -OCH3 is 1. The summed E-state index contributed by atoms with van der Waals surface area (Å²) in [5.41, 5.74) is 1.16. The van der Waals surface area contributed by atoms with Gasteiger partial charge in [-0.2, -0.15) is 11.8 Å². The quantitative estimate of drug-likeness (QED) is 0.741. The fourth-order valence-corrected chi connectivity index (χ4v) is 1.62. The average molecular weight is 241 g/mol. The van der Waals surface area contributed by atoms with Gasteiger partial charge in [0, 0.05) is 23.9 Å². The Morgan fingerprint density at radius 1 is 1.38 bits per heavy atom. The molecule has 0 amide bonds. The van der Waals surface area contributed by atoms with Gasteiger partial charge < -0.3 is 14.8 Å². The smallest absolute Gasteiger partial charge is 0.127 e. The molecule has 4 heteroatoms. The molecule has 0 fully saturated rings. The number of benzene rings is 1. The van der Waals surface area contributed by atoms with Crippen molar-refractivity contribution in [1.82, 2.24) is 5.32 Å². The molecule has 0 saturated carbocycles. The van der Waals surface area contributed by atoms with Crippen LogP contribution in [0.1, 0.15) is 5.56 Å². The first-order valence-corrected chi connectivity index (χ1v) is 6.64. The van der Waals surface area contributed by atoms with Crippen LogP contribution in [0.25, 0.3) is 0 Å². The molecule has 90 valence electrons. The average Bonchev–Trinajstić information content (AvgIpc) is 2.31. The molecule has 0 aromatic heterocycles. The van der Waals surface area contributed by atoms with Crippen molar-refractivity contribution in [3.8, 4) is 11.5 Å². The van der Waals surface area contributed by atoms with Gasteiger partial charge in [0.25, 0.3) is 0 Å². The normalized spacial score (nSPS) is 10.2. The van der Waals surface area contributed by atoms with Gasteiger partial charge in [0.2, 0.25) is 0 Å². The molecular formula is C12H19NO2S. The van der Waals surface area contributed by atoms with Crippen LogP contribution in [-0.2, 0) is 6.54 Å². The zero-order valence-corrected chi connectivity index (χ0v) is 10.9. The minimum atomic E-state index is 0.727. The van der Waals surface area contributed by atoms with E-state index in [4.69, 9.17) is 9.47 Å². The number of nitrogens with one attached hydrogen (secondary N) is 1. The first-order chi connectivity index (χ1) is 7.81. The summed E-state index contributed by atoms with van der Waals surface area (Å²) < 4.78 is 10.9. The van der Waals surface area contributed by atoms with Crippen LogP contribution in [0.2, 0.25) is 0 Å². The second-order valence-corrected chi connectivity index (χ2v) is 4.33. The summed E-state index contributed by atoms with van der Waals surface area (Å²) in [7, 11) is 3.59. The van der Waals surface area contributed by atoms with Crippen molar-refractivity contribution in [1.29, 1.82) is 0 Å². The maximum atomic E-state index is 5.73. The van der Waals surface area contributed by atoms with Crippen LogP contribution >= 0.6 is 11.8 Å². The molecule has 0 spiro atoms. The molecule has 0 atom stereocenters. The number of rotatable bonds is 7. The lowest BCUT2D eigenvalue weighted by molar-refractivity contribution is 0.335. The van der Waals surface area contributed by atoms with E-state index < -0.39 is 0 Å². The van der Waals surface area contributed by atoms with E-state index in [1.54, 1.807) is 18.9 Å². The molecule has 0 radical (unpaired) electrons. The predicted octanol–water partition coefficient (Wildman–Crippen LogP) is 2.16. The van der Waals surface area contributed by atoms with Gasteiger partial charge in [-0.1, -0.05) is 6.07 Å². The van der Waals surface area contributed by atoms with Gasteiger partial charge in [0.05, 0.1) is 13.7 Å². The fraction of sp³-hybridized carbons (Fsp3) is 0.500. The number of ether oxygens (including phenoxy) is 2. The number of hydrogen-bond donors (Lipinski definition) is 1. The van der Waals surface area contributed by atoms with E-state index in [-0.39, 0.29) is 0 Å². The van der Waals surface area contributed by atoms with Gasteiger partial charge >= 0.3 is 0 Å². The Morgan fingerprint density at radius 3 is 2.81 bits per heavy atom. The highest BCUT2D eigenvalue weighted by atomic mass is 32.2. The van der Waals surface area contributed by atoms with E-state index in [9.17, 15) is 0 Å². The summed E-state index contributed by atoms with van der Waals surface area (Å²) in [6, 6.07) is 5.92. The minimum Gasteiger partial charge on any atom is -0.497 e. The van der Waals surface area contributed by atoms with Gasteiger partial charge in [-0.05, 0) is 19.4 Å². The van der Waals surface area contributed by atoms with Crippen LogP contribution in [-0.4, -0.2) is 32.8 Å². The van der Waals surface area contributed by atoms with Gasteiger partial charge in [-0.3, -0.25) is 0 Å². The summed E-state index contributed by atoms with van der Waals surface area (Å²) in [6.07, 6.45) is 2.07. The summed E-state index contributed by atoms with van der Waals surface area (Å²) in [4.78, 5) is 0. The lowest BCUT2D eigenvalue weighted by Crippen LogP contribution is -2.09. The molecule has 0 bridgehead atoms. The summed E-state index contributed by atoms with van der Waals surface area (Å²) in [5, 5.41) is 3.13. The van der Waals surface area contributed by atoms with Crippen molar-refractivity contribution in [2.45, 2.75) is 6.54 Å². The van der Waals surface area contributed by atoms with Crippen LogP contribution in [0.3, 0.4) is 0 Å². The Balaban J connectivity index is 2.74. The number of hydrogen-bond acceptors (Lipinski definition) is 4. The largest absolute Gasteiger partial charge is 0.497 e. The van der Waals surface area contributed by atoms with Crippen molar-refractivity contribution in [2.75, 3.05) is 32.8 Å². The van der Waals surface area contributed by atoms with E-state index >= 15 is 0 Å². The van der Waals surface area contributed by atoms with Crippen LogP contribution in [0, 0.1) is 0 Å². The van der Waals surface area contributed by atoms with Crippen LogP contribution in [0.5, 0.6) is 11.5 Å². The Kier molecular flexibility index (Phi) is 6.11. The van der Waals surface area contributed by atoms with Crippen LogP contribution < -0.4 is 14.8 Å². The van der Waals surface area contributed by atoms with Crippen molar-refractivity contribution in [3.63, 3.8) is 0 Å². The molecule has 0 aliphatic rings. The molecule has 0 aliphatic heterocycles. The van der Waals surface area contributed by atoms with Crippen LogP contribution in [0.15, 0.2) is 18.2 Å². The second kappa shape index (κ2) is 7.41. The van der Waals surface area contributed by atoms with Crippen molar-refractivity contribution >= 4 is 11.8 Å². The third-order valence-electron chi connectivity index (χ3n) is 2.19. The first-order valence-electron chi connectivity index (χ1n) is 5.25. The molecule has 16 heavy (non-hydrogen) atoms. The maximum absolute atomic E-state index is 5.73. The summed E-state index contributed by atoms with van der Waals surface area (Å²) >= 11 is 1.78. The van der Waals surface area contributed by atoms with Crippen molar-refractivity contribution in [2.24, 2.45) is 0 Å². The van der Waals surface area contributed by atoms with Gasteiger partial charge in [0.1, 0.15) is 11.5 Å². The summed E-state index contributed by atoms with van der Waals surface area (Å²) in [5.74, 6) is 2.73. The Hall–Kier alpha value is -0.870. The first kappa shape index (κ1) is 13.2. The molecule has 1 rings (SSSR count). The highest BCUT2D eigenvalue weighted by molar-refractivity contribution is 7.98. The maximum Gasteiger partial charge on any atom is 0.127 e. The molecule has 0 heterocycles. The second-order valence-electron chi connectivity index (χ2n) is 3.35. The SMILES string of the molecule is CNCc1ccc(OC)cc1OCCSC. The monoisotopic (exact) mass is 241 g/mol. The highest BCUT2D eigenvalue weighted by Gasteiger charge is 2.04. The van der Waals surface area contributed by atoms with E-state index in [0.717, 1.165) is 36.0 Å². The minimum absolute atomic E-state index is 0.727. The van der Waals surface area contributed by atoms with Gasteiger partial charge in [0.15, 0.2) is 0 Å². The van der Waals surface area contributed by atoms with Crippen molar-refractivity contribution < 1.29 is 9.47 Å². The molecule has 1 aromatic carbocycles. The fourth-order valence-electron chi connectivity index (χ4n) is 1.37. The highest BCUT2D eigenvalue weighted by Crippen LogP contribution is 2.24. The van der Waals surface area contributed by atoms with Crippen LogP contribution in [0.4, 0.5) is 0 Å². The van der Waals surface area contributed by atoms with Gasteiger partial charge in [-0.25, -0.2) is 0 Å². The van der Waals surface area contributed by atoms with E-state index in [1.165, 1.54) is 0 Å². The zero-order chi connectivity index (χ0) is 11.8. The topological polar surface area (TPSA) is 30.5 Å². The molecule has 0 aliphatic carbocycles. The van der Waals surface area contributed by atoms with E-state index in [0.29, 0.717) is 0 Å². The molecule has 0 saturated heterocycles. The third-order valence-corrected chi connectivity index (χ3v) is 2.76. The molecular weight excluding hydrogens is 222 g/mol. The standard InChI is InChI=1S/C12H19NO2S/c1-13-9-10-4-5-11(14-2)8-12(10)15-6-7-16-3/h4-5,8,13H,6-7,9H2,1-3H3. The predicted molar refractivity (Wildman–Crippen MR) is 69.6 cm³/mol. The van der Waals surface area contributed by atoms with E-state index in [2.05, 4.69) is 11.6 Å². The zero-order valence-electron chi connectivity index (χ0n) is 10.1. The molecule has 0 unspecified atom stereocenters.